The van der Waals surface area contributed by atoms with Gasteiger partial charge in [0.1, 0.15) is 0 Å². The molecule has 0 spiro atoms. The first kappa shape index (κ1) is 12.5. The summed E-state index contributed by atoms with van der Waals surface area (Å²) < 4.78 is 0. The van der Waals surface area contributed by atoms with Gasteiger partial charge >= 0.3 is 0 Å². The molecule has 1 saturated carbocycles. The van der Waals surface area contributed by atoms with E-state index in [1.807, 2.05) is 11.8 Å². The largest absolute Gasteiger partial charge is 0.349 e. The summed E-state index contributed by atoms with van der Waals surface area (Å²) in [6.07, 6.45) is 7.32. The standard InChI is InChI=1S/C14H19NOS2/c16-14(15-11-4-2-1-3-5-11)13-8-10-9-17-7-6-12(10)18-13/h8,11H,1-7,9H2,(H,15,16). The van der Waals surface area contributed by atoms with Crippen LogP contribution in [0.5, 0.6) is 0 Å². The van der Waals surface area contributed by atoms with Gasteiger partial charge in [0.05, 0.1) is 4.88 Å². The zero-order valence-corrected chi connectivity index (χ0v) is 12.2. The summed E-state index contributed by atoms with van der Waals surface area (Å²) in [7, 11) is 0. The average molecular weight is 281 g/mol. The normalized spacial score (nSPS) is 20.4. The number of nitrogens with one attached hydrogen (secondary N) is 1. The van der Waals surface area contributed by atoms with Gasteiger partial charge in [0.2, 0.25) is 0 Å². The molecule has 1 aliphatic carbocycles. The Morgan fingerprint density at radius 2 is 2.11 bits per heavy atom. The highest BCUT2D eigenvalue weighted by molar-refractivity contribution is 7.98. The number of amides is 1. The molecule has 2 heterocycles. The van der Waals surface area contributed by atoms with Gasteiger partial charge < -0.3 is 5.32 Å². The lowest BCUT2D eigenvalue weighted by molar-refractivity contribution is 0.0932. The van der Waals surface area contributed by atoms with Crippen molar-refractivity contribution in [3.63, 3.8) is 0 Å². The van der Waals surface area contributed by atoms with E-state index in [-0.39, 0.29) is 5.91 Å². The second-order valence-corrected chi connectivity index (χ2v) is 7.41. The first-order valence-electron chi connectivity index (χ1n) is 6.83. The Morgan fingerprint density at radius 3 is 2.89 bits per heavy atom. The predicted molar refractivity (Wildman–Crippen MR) is 78.5 cm³/mol. The molecule has 98 valence electrons. The minimum atomic E-state index is 0.159. The fourth-order valence-electron chi connectivity index (χ4n) is 2.76. The van der Waals surface area contributed by atoms with Crippen LogP contribution in [-0.2, 0) is 12.2 Å². The average Bonchev–Trinajstić information content (AvgIpc) is 2.84. The van der Waals surface area contributed by atoms with E-state index in [0.717, 1.165) is 29.9 Å². The highest BCUT2D eigenvalue weighted by atomic mass is 32.2. The van der Waals surface area contributed by atoms with Crippen molar-refractivity contribution in [2.45, 2.75) is 50.3 Å². The van der Waals surface area contributed by atoms with Gasteiger partial charge in [0.25, 0.3) is 5.91 Å². The van der Waals surface area contributed by atoms with Gasteiger partial charge in [0, 0.05) is 16.7 Å². The van der Waals surface area contributed by atoms with Crippen LogP contribution >= 0.6 is 23.1 Å². The van der Waals surface area contributed by atoms with Gasteiger partial charge in [-0.1, -0.05) is 19.3 Å². The maximum absolute atomic E-state index is 12.2. The molecule has 1 fully saturated rings. The molecule has 2 nitrogen and oxygen atoms in total. The summed E-state index contributed by atoms with van der Waals surface area (Å²) in [5.74, 6) is 2.45. The lowest BCUT2D eigenvalue weighted by atomic mass is 9.95. The molecule has 0 aromatic carbocycles. The van der Waals surface area contributed by atoms with Crippen LogP contribution in [0.2, 0.25) is 0 Å². The van der Waals surface area contributed by atoms with Crippen LogP contribution in [0.4, 0.5) is 0 Å². The van der Waals surface area contributed by atoms with Crippen molar-refractivity contribution < 1.29 is 4.79 Å². The first-order chi connectivity index (χ1) is 8.83. The molecule has 0 radical (unpaired) electrons. The number of aryl methyl sites for hydroxylation is 1. The summed E-state index contributed by atoms with van der Waals surface area (Å²) >= 11 is 3.68. The minimum Gasteiger partial charge on any atom is -0.349 e. The third kappa shape index (κ3) is 2.75. The van der Waals surface area contributed by atoms with E-state index in [1.165, 1.54) is 35.5 Å². The van der Waals surface area contributed by atoms with Gasteiger partial charge in [0.15, 0.2) is 0 Å². The number of hydrogen-bond donors (Lipinski definition) is 1. The second-order valence-electron chi connectivity index (χ2n) is 5.17. The van der Waals surface area contributed by atoms with E-state index in [0.29, 0.717) is 6.04 Å². The van der Waals surface area contributed by atoms with Gasteiger partial charge in [-0.2, -0.15) is 11.8 Å². The van der Waals surface area contributed by atoms with Gasteiger partial charge in [-0.15, -0.1) is 11.3 Å². The number of thioether (sulfide) groups is 1. The van der Waals surface area contributed by atoms with E-state index < -0.39 is 0 Å². The highest BCUT2D eigenvalue weighted by Crippen LogP contribution is 2.31. The molecule has 2 aliphatic rings. The molecule has 4 heteroatoms. The summed E-state index contributed by atoms with van der Waals surface area (Å²) in [5, 5.41) is 3.21. The van der Waals surface area contributed by atoms with Crippen molar-refractivity contribution in [2.75, 3.05) is 5.75 Å². The van der Waals surface area contributed by atoms with E-state index >= 15 is 0 Å². The molecule has 1 N–H and O–H groups in total. The Balaban J connectivity index is 1.66. The second kappa shape index (κ2) is 5.66. The van der Waals surface area contributed by atoms with Crippen LogP contribution in [0.3, 0.4) is 0 Å². The third-order valence-electron chi connectivity index (χ3n) is 3.79. The molecule has 0 atom stereocenters. The van der Waals surface area contributed by atoms with Crippen molar-refractivity contribution in [1.29, 1.82) is 0 Å². The fourth-order valence-corrected chi connectivity index (χ4v) is 5.04. The quantitative estimate of drug-likeness (QED) is 0.897. The first-order valence-corrected chi connectivity index (χ1v) is 8.80. The molecule has 3 rings (SSSR count). The number of hydrogen-bond acceptors (Lipinski definition) is 3. The van der Waals surface area contributed by atoms with E-state index in [4.69, 9.17) is 0 Å². The molecule has 1 aliphatic heterocycles. The molecule has 1 aromatic heterocycles. The molecule has 0 bridgehead atoms. The van der Waals surface area contributed by atoms with Crippen LogP contribution in [-0.4, -0.2) is 17.7 Å². The molecule has 18 heavy (non-hydrogen) atoms. The van der Waals surface area contributed by atoms with E-state index in [9.17, 15) is 4.79 Å². The fraction of sp³-hybridized carbons (Fsp3) is 0.643. The van der Waals surface area contributed by atoms with Crippen molar-refractivity contribution in [2.24, 2.45) is 0 Å². The van der Waals surface area contributed by atoms with Gasteiger partial charge in [-0.3, -0.25) is 4.79 Å². The molecule has 1 amide bonds. The Labute approximate surface area is 117 Å². The summed E-state index contributed by atoms with van der Waals surface area (Å²) in [4.78, 5) is 14.6. The smallest absolute Gasteiger partial charge is 0.261 e. The van der Waals surface area contributed by atoms with Gasteiger partial charge in [-0.05, 0) is 36.6 Å². The molecule has 0 unspecified atom stereocenters. The van der Waals surface area contributed by atoms with Crippen molar-refractivity contribution in [3.8, 4) is 0 Å². The van der Waals surface area contributed by atoms with Crippen molar-refractivity contribution >= 4 is 29.0 Å². The van der Waals surface area contributed by atoms with Crippen LogP contribution in [0, 0.1) is 0 Å². The summed E-state index contributed by atoms with van der Waals surface area (Å²) in [5.41, 5.74) is 1.39. The number of thiophene rings is 1. The van der Waals surface area contributed by atoms with Crippen LogP contribution in [0.1, 0.15) is 52.2 Å². The monoisotopic (exact) mass is 281 g/mol. The maximum atomic E-state index is 12.2. The lowest BCUT2D eigenvalue weighted by Gasteiger charge is -2.22. The summed E-state index contributed by atoms with van der Waals surface area (Å²) in [6.45, 7) is 0. The Hall–Kier alpha value is -0.480. The highest BCUT2D eigenvalue weighted by Gasteiger charge is 2.20. The summed E-state index contributed by atoms with van der Waals surface area (Å²) in [6, 6.07) is 2.53. The number of rotatable bonds is 2. The SMILES string of the molecule is O=C(NC1CCCCC1)c1cc2c(s1)CCSC2. The minimum absolute atomic E-state index is 0.159. The van der Waals surface area contributed by atoms with Crippen molar-refractivity contribution in [3.05, 3.63) is 21.4 Å². The predicted octanol–water partition coefficient (Wildman–Crippen LogP) is 3.60. The van der Waals surface area contributed by atoms with E-state index in [1.54, 1.807) is 11.3 Å². The lowest BCUT2D eigenvalue weighted by Crippen LogP contribution is -2.35. The van der Waals surface area contributed by atoms with E-state index in [2.05, 4.69) is 11.4 Å². The van der Waals surface area contributed by atoms with Crippen LogP contribution in [0.25, 0.3) is 0 Å². The topological polar surface area (TPSA) is 29.1 Å². The maximum Gasteiger partial charge on any atom is 0.261 e. The Bertz CT molecular complexity index is 412. The number of carbonyl (C=O) groups excluding carboxylic acids is 1. The zero-order chi connectivity index (χ0) is 12.4. The number of carbonyl (C=O) groups is 1. The van der Waals surface area contributed by atoms with Crippen LogP contribution < -0.4 is 5.32 Å². The molecular weight excluding hydrogens is 262 g/mol. The van der Waals surface area contributed by atoms with Crippen LogP contribution in [0.15, 0.2) is 6.07 Å². The molecular formula is C14H19NOS2. The Kier molecular flexibility index (Phi) is 3.94. The number of fused-ring (bicyclic) bond motifs is 1. The Morgan fingerprint density at radius 1 is 1.28 bits per heavy atom. The molecule has 0 saturated heterocycles. The van der Waals surface area contributed by atoms with Crippen molar-refractivity contribution in [1.82, 2.24) is 5.32 Å². The third-order valence-corrected chi connectivity index (χ3v) is 6.04. The zero-order valence-electron chi connectivity index (χ0n) is 10.5. The molecule has 1 aromatic rings. The van der Waals surface area contributed by atoms with Gasteiger partial charge in [-0.25, -0.2) is 0 Å².